The van der Waals surface area contributed by atoms with E-state index in [0.717, 1.165) is 0 Å². The van der Waals surface area contributed by atoms with Crippen LogP contribution in [0, 0.1) is 5.41 Å². The summed E-state index contributed by atoms with van der Waals surface area (Å²) in [6, 6.07) is 7.35. The molecule has 0 saturated heterocycles. The van der Waals surface area contributed by atoms with E-state index in [1.165, 1.54) is 0 Å². The summed E-state index contributed by atoms with van der Waals surface area (Å²) in [6.07, 6.45) is 0.852. The highest BCUT2D eigenvalue weighted by Crippen LogP contribution is 2.29. The molecule has 0 aromatic heterocycles. The Balaban J connectivity index is 2.66. The van der Waals surface area contributed by atoms with E-state index in [1.807, 2.05) is 38.1 Å². The summed E-state index contributed by atoms with van der Waals surface area (Å²) in [7, 11) is 0. The number of ether oxygens (including phenoxy) is 2. The largest absolute Gasteiger partial charge is 0.490 e. The van der Waals surface area contributed by atoms with E-state index in [-0.39, 0.29) is 6.54 Å². The van der Waals surface area contributed by atoms with E-state index < -0.39 is 11.4 Å². The average Bonchev–Trinajstić information content (AvgIpc) is 2.45. The lowest BCUT2D eigenvalue weighted by Gasteiger charge is -2.26. The Morgan fingerprint density at radius 1 is 1.25 bits per heavy atom. The topological polar surface area (TPSA) is 81.8 Å². The van der Waals surface area contributed by atoms with Crippen LogP contribution >= 0.6 is 0 Å². The average molecular weight is 281 g/mol. The number of nitrogens with two attached hydrogens (primary N) is 1. The van der Waals surface area contributed by atoms with Gasteiger partial charge in [-0.05, 0) is 31.9 Å². The number of carboxylic acid groups (broad SMARTS) is 1. The lowest BCUT2D eigenvalue weighted by atomic mass is 9.82. The number of carboxylic acids is 1. The highest BCUT2D eigenvalue weighted by atomic mass is 16.5. The minimum absolute atomic E-state index is 0.106. The van der Waals surface area contributed by atoms with Gasteiger partial charge in [0.1, 0.15) is 0 Å². The molecule has 0 spiro atoms. The van der Waals surface area contributed by atoms with Crippen molar-refractivity contribution >= 4 is 5.97 Å². The Morgan fingerprint density at radius 2 is 1.85 bits per heavy atom. The van der Waals surface area contributed by atoms with E-state index in [2.05, 4.69) is 0 Å². The van der Waals surface area contributed by atoms with Crippen molar-refractivity contribution < 1.29 is 19.4 Å². The zero-order valence-corrected chi connectivity index (χ0v) is 12.1. The summed E-state index contributed by atoms with van der Waals surface area (Å²) >= 11 is 0. The first-order valence-corrected chi connectivity index (χ1v) is 6.87. The maximum absolute atomic E-state index is 11.3. The Morgan fingerprint density at radius 3 is 2.30 bits per heavy atom. The van der Waals surface area contributed by atoms with Gasteiger partial charge in [0, 0.05) is 6.54 Å². The second-order valence-corrected chi connectivity index (χ2v) is 4.62. The molecule has 1 rings (SSSR count). The molecule has 0 aliphatic rings. The Labute approximate surface area is 119 Å². The summed E-state index contributed by atoms with van der Waals surface area (Å²) in [4.78, 5) is 11.3. The van der Waals surface area contributed by atoms with E-state index in [0.29, 0.717) is 37.6 Å². The fraction of sp³-hybridized carbons (Fsp3) is 0.533. The molecule has 1 unspecified atom stereocenters. The van der Waals surface area contributed by atoms with Gasteiger partial charge >= 0.3 is 5.97 Å². The quantitative estimate of drug-likeness (QED) is 0.725. The molecule has 0 aliphatic carbocycles. The van der Waals surface area contributed by atoms with Crippen molar-refractivity contribution in [1.29, 1.82) is 0 Å². The fourth-order valence-corrected chi connectivity index (χ4v) is 1.97. The van der Waals surface area contributed by atoms with Gasteiger partial charge in [0.2, 0.25) is 0 Å². The number of benzene rings is 1. The van der Waals surface area contributed by atoms with Crippen molar-refractivity contribution in [3.05, 3.63) is 24.3 Å². The highest BCUT2D eigenvalue weighted by Gasteiger charge is 2.35. The molecule has 0 bridgehead atoms. The molecule has 0 aliphatic heterocycles. The smallest absolute Gasteiger partial charge is 0.311 e. The standard InChI is InChI=1S/C15H23NO4/c1-3-15(11-16,14(17)18)9-10-20-13-8-6-5-7-12(13)19-4-2/h5-8H,3-4,9-11,16H2,1-2H3,(H,17,18). The summed E-state index contributed by atoms with van der Waals surface area (Å²) in [5.74, 6) is 0.422. The van der Waals surface area contributed by atoms with Gasteiger partial charge in [-0.2, -0.15) is 0 Å². The predicted octanol–water partition coefficient (Wildman–Crippen LogP) is 2.29. The van der Waals surface area contributed by atoms with Crippen LogP contribution in [0.2, 0.25) is 0 Å². The van der Waals surface area contributed by atoms with Crippen molar-refractivity contribution in [2.75, 3.05) is 19.8 Å². The zero-order chi connectivity index (χ0) is 15.0. The Bertz CT molecular complexity index is 430. The van der Waals surface area contributed by atoms with E-state index >= 15 is 0 Å². The molecule has 0 fully saturated rings. The molecule has 3 N–H and O–H groups in total. The minimum atomic E-state index is -0.916. The molecule has 112 valence electrons. The van der Waals surface area contributed by atoms with Gasteiger partial charge in [-0.25, -0.2) is 0 Å². The van der Waals surface area contributed by atoms with Crippen LogP contribution in [0.25, 0.3) is 0 Å². The fourth-order valence-electron chi connectivity index (χ4n) is 1.97. The Hall–Kier alpha value is -1.75. The van der Waals surface area contributed by atoms with Crippen molar-refractivity contribution in [2.45, 2.75) is 26.7 Å². The second kappa shape index (κ2) is 7.75. The molecule has 0 radical (unpaired) electrons. The van der Waals surface area contributed by atoms with Crippen molar-refractivity contribution in [2.24, 2.45) is 11.1 Å². The van der Waals surface area contributed by atoms with E-state index in [4.69, 9.17) is 15.2 Å². The van der Waals surface area contributed by atoms with Crippen LogP contribution in [0.4, 0.5) is 0 Å². The van der Waals surface area contributed by atoms with Gasteiger partial charge in [0.15, 0.2) is 11.5 Å². The first-order valence-electron chi connectivity index (χ1n) is 6.87. The second-order valence-electron chi connectivity index (χ2n) is 4.62. The van der Waals surface area contributed by atoms with Gasteiger partial charge in [-0.15, -0.1) is 0 Å². The SMILES string of the molecule is CCOc1ccccc1OCCC(CC)(CN)C(=O)O. The van der Waals surface area contributed by atoms with Gasteiger partial charge in [0.25, 0.3) is 0 Å². The number of carbonyl (C=O) groups is 1. The Kier molecular flexibility index (Phi) is 6.31. The third kappa shape index (κ3) is 3.87. The first-order chi connectivity index (χ1) is 9.59. The number of hydrogen-bond acceptors (Lipinski definition) is 4. The summed E-state index contributed by atoms with van der Waals surface area (Å²) in [6.45, 7) is 4.68. The minimum Gasteiger partial charge on any atom is -0.490 e. The normalized spacial score (nSPS) is 13.6. The lowest BCUT2D eigenvalue weighted by Crippen LogP contribution is -2.39. The maximum Gasteiger partial charge on any atom is 0.311 e. The molecular weight excluding hydrogens is 258 g/mol. The van der Waals surface area contributed by atoms with Crippen LogP contribution in [-0.2, 0) is 4.79 Å². The molecule has 1 aromatic rings. The van der Waals surface area contributed by atoms with Crippen LogP contribution < -0.4 is 15.2 Å². The van der Waals surface area contributed by atoms with Gasteiger partial charge in [-0.1, -0.05) is 19.1 Å². The van der Waals surface area contributed by atoms with Crippen molar-refractivity contribution in [3.63, 3.8) is 0 Å². The molecular formula is C15H23NO4. The van der Waals surface area contributed by atoms with Crippen molar-refractivity contribution in [1.82, 2.24) is 0 Å². The predicted molar refractivity (Wildman–Crippen MR) is 77.1 cm³/mol. The molecule has 0 amide bonds. The van der Waals surface area contributed by atoms with Crippen LogP contribution in [0.5, 0.6) is 11.5 Å². The van der Waals surface area contributed by atoms with E-state index in [1.54, 1.807) is 0 Å². The number of aliphatic carboxylic acids is 1. The molecule has 5 heteroatoms. The van der Waals surface area contributed by atoms with Crippen LogP contribution in [-0.4, -0.2) is 30.8 Å². The van der Waals surface area contributed by atoms with Gasteiger partial charge in [-0.3, -0.25) is 4.79 Å². The van der Waals surface area contributed by atoms with Gasteiger partial charge in [0.05, 0.1) is 18.6 Å². The van der Waals surface area contributed by atoms with Crippen LogP contribution in [0.3, 0.4) is 0 Å². The third-order valence-electron chi connectivity index (χ3n) is 3.51. The maximum atomic E-state index is 11.3. The van der Waals surface area contributed by atoms with E-state index in [9.17, 15) is 9.90 Å². The lowest BCUT2D eigenvalue weighted by molar-refractivity contribution is -0.149. The molecule has 0 heterocycles. The van der Waals surface area contributed by atoms with Crippen LogP contribution in [0.15, 0.2) is 24.3 Å². The number of rotatable bonds is 9. The third-order valence-corrected chi connectivity index (χ3v) is 3.51. The van der Waals surface area contributed by atoms with Crippen LogP contribution in [0.1, 0.15) is 26.7 Å². The zero-order valence-electron chi connectivity index (χ0n) is 12.1. The monoisotopic (exact) mass is 281 g/mol. The molecule has 5 nitrogen and oxygen atoms in total. The highest BCUT2D eigenvalue weighted by molar-refractivity contribution is 5.74. The molecule has 1 aromatic carbocycles. The van der Waals surface area contributed by atoms with Gasteiger partial charge < -0.3 is 20.3 Å². The summed E-state index contributed by atoms with van der Waals surface area (Å²) in [5.41, 5.74) is 4.70. The molecule has 1 atom stereocenters. The molecule has 20 heavy (non-hydrogen) atoms. The molecule has 0 saturated carbocycles. The summed E-state index contributed by atoms with van der Waals surface area (Å²) < 4.78 is 11.1. The first kappa shape index (κ1) is 16.3. The number of para-hydroxylation sites is 2. The van der Waals surface area contributed by atoms with Crippen molar-refractivity contribution in [3.8, 4) is 11.5 Å². The number of hydrogen-bond donors (Lipinski definition) is 2. The summed E-state index contributed by atoms with van der Waals surface area (Å²) in [5, 5.41) is 9.30.